The normalized spacial score (nSPS) is 28.4. The van der Waals surface area contributed by atoms with Crippen LogP contribution in [0.25, 0.3) is 0 Å². The molecule has 0 spiro atoms. The van der Waals surface area contributed by atoms with Gasteiger partial charge >= 0.3 is 0 Å². The van der Waals surface area contributed by atoms with E-state index in [1.807, 2.05) is 0 Å². The highest BCUT2D eigenvalue weighted by molar-refractivity contribution is 8.00. The number of amides is 1. The minimum Gasteiger partial charge on any atom is -0.413 e. The molecule has 2 rings (SSSR count). The number of hydrogen-bond acceptors (Lipinski definition) is 4. The highest BCUT2D eigenvalue weighted by atomic mass is 32.2. The van der Waals surface area contributed by atoms with Gasteiger partial charge in [-0.05, 0) is 42.3 Å². The number of carbonyl (C=O) groups excluding carboxylic acids is 2. The monoisotopic (exact) mass is 457 g/mol. The Balaban J connectivity index is 2.38. The number of β-lactam (4-membered cyclic amide) rings is 1. The van der Waals surface area contributed by atoms with Gasteiger partial charge in [0.2, 0.25) is 5.91 Å². The number of nitrogens with zero attached hydrogens (tertiary/aromatic N) is 1. The van der Waals surface area contributed by atoms with E-state index in [9.17, 15) is 9.59 Å². The summed E-state index contributed by atoms with van der Waals surface area (Å²) >= 11 is 1.77. The lowest BCUT2D eigenvalue weighted by Gasteiger charge is -2.61. The number of thioether (sulfide) groups is 1. The molecule has 7 heteroatoms. The Morgan fingerprint density at radius 3 is 2.03 bits per heavy atom. The predicted molar refractivity (Wildman–Crippen MR) is 130 cm³/mol. The zero-order valence-electron chi connectivity index (χ0n) is 20.5. The van der Waals surface area contributed by atoms with Crippen LogP contribution in [0.2, 0.25) is 36.3 Å². The van der Waals surface area contributed by atoms with E-state index in [-0.39, 0.29) is 39.3 Å². The molecule has 29 heavy (non-hydrogen) atoms. The van der Waals surface area contributed by atoms with Crippen LogP contribution in [-0.2, 0) is 14.0 Å². The van der Waals surface area contributed by atoms with Gasteiger partial charge in [-0.2, -0.15) is 0 Å². The Kier molecular flexibility index (Phi) is 7.02. The standard InChI is InChI=1S/C22H43NO3SSi2/c1-15(26-29(10,11)22(5,6)7)17-18(19-16(24)13-12-14-27-19)23(20(17)25)28(8,9)21(2,3)4/h15,17-19H,12-14H2,1-11H3/t15-,17-,18+,19+/m1/s1. The van der Waals surface area contributed by atoms with Crippen LogP contribution in [0.3, 0.4) is 0 Å². The Morgan fingerprint density at radius 1 is 1.03 bits per heavy atom. The minimum atomic E-state index is -2.07. The third-order valence-corrected chi connectivity index (χ3v) is 19.3. The van der Waals surface area contributed by atoms with Gasteiger partial charge in [-0.3, -0.25) is 9.59 Å². The van der Waals surface area contributed by atoms with Gasteiger partial charge in [0.25, 0.3) is 0 Å². The Labute approximate surface area is 185 Å². The van der Waals surface area contributed by atoms with Crippen molar-refractivity contribution in [1.82, 2.24) is 4.57 Å². The molecular weight excluding hydrogens is 414 g/mol. The van der Waals surface area contributed by atoms with Crippen LogP contribution in [0, 0.1) is 5.92 Å². The highest BCUT2D eigenvalue weighted by Gasteiger charge is 2.62. The van der Waals surface area contributed by atoms with Gasteiger partial charge < -0.3 is 8.99 Å². The lowest BCUT2D eigenvalue weighted by molar-refractivity contribution is -0.155. The summed E-state index contributed by atoms with van der Waals surface area (Å²) < 4.78 is 8.84. The Hall–Kier alpha value is -0.116. The molecule has 2 saturated heterocycles. The first-order valence-corrected chi connectivity index (χ1v) is 18.0. The molecule has 0 aromatic carbocycles. The highest BCUT2D eigenvalue weighted by Crippen LogP contribution is 2.50. The van der Waals surface area contributed by atoms with Crippen molar-refractivity contribution in [2.45, 2.75) is 115 Å². The van der Waals surface area contributed by atoms with Gasteiger partial charge in [0.05, 0.1) is 23.3 Å². The van der Waals surface area contributed by atoms with Crippen LogP contribution in [-0.4, -0.2) is 56.0 Å². The first-order valence-electron chi connectivity index (χ1n) is 11.1. The van der Waals surface area contributed by atoms with Gasteiger partial charge in [-0.25, -0.2) is 0 Å². The molecule has 168 valence electrons. The molecule has 0 aromatic heterocycles. The van der Waals surface area contributed by atoms with E-state index in [0.29, 0.717) is 12.2 Å². The number of Topliss-reactive ketones (excluding diaryl/α,β-unsaturated/α-hetero) is 1. The molecule has 0 aromatic rings. The van der Waals surface area contributed by atoms with Crippen LogP contribution in [0.15, 0.2) is 0 Å². The summed E-state index contributed by atoms with van der Waals surface area (Å²) in [5.74, 6) is 1.35. The van der Waals surface area contributed by atoms with Gasteiger partial charge in [-0.15, -0.1) is 11.8 Å². The lowest BCUT2D eigenvalue weighted by atomic mass is 9.82. The molecular formula is C22H43NO3SSi2. The third-order valence-electron chi connectivity index (χ3n) is 7.91. The van der Waals surface area contributed by atoms with Gasteiger partial charge in [0.1, 0.15) is 5.78 Å². The Bertz CT molecular complexity index is 651. The number of hydrogen-bond donors (Lipinski definition) is 0. The maximum Gasteiger partial charge on any atom is 0.222 e. The fourth-order valence-corrected chi connectivity index (χ4v) is 9.41. The zero-order valence-corrected chi connectivity index (χ0v) is 23.3. The molecule has 2 aliphatic heterocycles. The van der Waals surface area contributed by atoms with E-state index in [0.717, 1.165) is 12.2 Å². The second-order valence-corrected chi connectivity index (χ2v) is 23.1. The number of rotatable bonds is 5. The van der Waals surface area contributed by atoms with Crippen molar-refractivity contribution in [2.75, 3.05) is 5.75 Å². The molecule has 4 atom stereocenters. The molecule has 1 amide bonds. The maximum absolute atomic E-state index is 13.6. The van der Waals surface area contributed by atoms with E-state index >= 15 is 0 Å². The molecule has 2 heterocycles. The van der Waals surface area contributed by atoms with E-state index < -0.39 is 16.6 Å². The van der Waals surface area contributed by atoms with Crippen molar-refractivity contribution in [3.05, 3.63) is 0 Å². The molecule has 0 aliphatic carbocycles. The fraction of sp³-hybridized carbons (Fsp3) is 0.909. The first-order chi connectivity index (χ1) is 12.9. The van der Waals surface area contributed by atoms with Crippen molar-refractivity contribution >= 4 is 40.0 Å². The summed E-state index contributed by atoms with van der Waals surface area (Å²) in [5.41, 5.74) is 0. The van der Waals surface area contributed by atoms with E-state index in [2.05, 4.69) is 79.2 Å². The fourth-order valence-electron chi connectivity index (χ4n) is 4.04. The summed E-state index contributed by atoms with van der Waals surface area (Å²) in [4.78, 5) is 26.5. The van der Waals surface area contributed by atoms with E-state index in [4.69, 9.17) is 4.43 Å². The van der Waals surface area contributed by atoms with Gasteiger partial charge in [-0.1, -0.05) is 54.6 Å². The largest absolute Gasteiger partial charge is 0.413 e. The third kappa shape index (κ3) is 4.58. The summed E-state index contributed by atoms with van der Waals surface area (Å²) in [6, 6.07) is -0.0130. The molecule has 0 saturated carbocycles. The van der Waals surface area contributed by atoms with Crippen molar-refractivity contribution in [1.29, 1.82) is 0 Å². The number of carbonyl (C=O) groups is 2. The average Bonchev–Trinajstić information content (AvgIpc) is 2.50. The lowest BCUT2D eigenvalue weighted by Crippen LogP contribution is -2.78. The molecule has 0 radical (unpaired) electrons. The summed E-state index contributed by atoms with van der Waals surface area (Å²) in [6.07, 6.45) is 1.46. The average molecular weight is 458 g/mol. The quantitative estimate of drug-likeness (QED) is 0.393. The topological polar surface area (TPSA) is 46.6 Å². The van der Waals surface area contributed by atoms with Crippen LogP contribution < -0.4 is 0 Å². The number of ketones is 1. The second-order valence-electron chi connectivity index (χ2n) is 12.0. The minimum absolute atomic E-state index is 0.0130. The molecule has 2 aliphatic rings. The summed E-state index contributed by atoms with van der Waals surface area (Å²) in [6.45, 7) is 24.5. The molecule has 2 fully saturated rings. The summed E-state index contributed by atoms with van der Waals surface area (Å²) in [5, 5.41) is 0.0570. The van der Waals surface area contributed by atoms with Crippen molar-refractivity contribution in [3.8, 4) is 0 Å². The van der Waals surface area contributed by atoms with Crippen molar-refractivity contribution in [3.63, 3.8) is 0 Å². The van der Waals surface area contributed by atoms with Crippen LogP contribution in [0.4, 0.5) is 0 Å². The zero-order chi connectivity index (χ0) is 22.6. The first kappa shape index (κ1) is 25.1. The van der Waals surface area contributed by atoms with Crippen LogP contribution >= 0.6 is 11.8 Å². The second kappa shape index (κ2) is 8.10. The molecule has 0 unspecified atom stereocenters. The Morgan fingerprint density at radius 2 is 1.59 bits per heavy atom. The van der Waals surface area contributed by atoms with Crippen molar-refractivity contribution in [2.24, 2.45) is 5.92 Å². The smallest absolute Gasteiger partial charge is 0.222 e. The van der Waals surface area contributed by atoms with Crippen LogP contribution in [0.5, 0.6) is 0 Å². The SMILES string of the molecule is C[C@@H](O[Si](C)(C)C(C)(C)C)[C@H]1C(=O)N([Si](C)(C)C(C)(C)C)[C@@H]1[C@H]1SCCCC1=O. The van der Waals surface area contributed by atoms with Crippen molar-refractivity contribution < 1.29 is 14.0 Å². The predicted octanol–water partition coefficient (Wildman–Crippen LogP) is 5.69. The molecule has 0 bridgehead atoms. The molecule has 0 N–H and O–H groups in total. The van der Waals surface area contributed by atoms with E-state index in [1.54, 1.807) is 11.8 Å². The summed E-state index contributed by atoms with van der Waals surface area (Å²) in [7, 11) is -4.06. The van der Waals surface area contributed by atoms with Gasteiger partial charge in [0, 0.05) is 6.42 Å². The van der Waals surface area contributed by atoms with E-state index in [1.165, 1.54) is 0 Å². The van der Waals surface area contributed by atoms with Gasteiger partial charge in [0.15, 0.2) is 16.6 Å². The van der Waals surface area contributed by atoms with Crippen LogP contribution in [0.1, 0.15) is 61.3 Å². The maximum atomic E-state index is 13.6. The molecule has 4 nitrogen and oxygen atoms in total.